The number of aliphatic carboxylic acids is 1. The fourth-order valence-corrected chi connectivity index (χ4v) is 0.851. The summed E-state index contributed by atoms with van der Waals surface area (Å²) in [5.41, 5.74) is -1.60. The van der Waals surface area contributed by atoms with Crippen molar-refractivity contribution in [2.45, 2.75) is 12.6 Å². The zero-order chi connectivity index (χ0) is 10.1. The van der Waals surface area contributed by atoms with Crippen molar-refractivity contribution >= 4 is 5.97 Å². The number of aromatic amines is 1. The maximum Gasteiger partial charge on any atom is 0.435 e. The first kappa shape index (κ1) is 9.56. The molecule has 0 bridgehead atoms. The van der Waals surface area contributed by atoms with Crippen molar-refractivity contribution in [3.63, 3.8) is 0 Å². The number of hydrogen-bond donors (Lipinski definition) is 2. The topological polar surface area (TPSA) is 66.0 Å². The molecule has 2 N–H and O–H groups in total. The van der Waals surface area contributed by atoms with Gasteiger partial charge in [-0.2, -0.15) is 13.2 Å². The van der Waals surface area contributed by atoms with Gasteiger partial charge in [-0.15, -0.1) is 0 Å². The second-order valence-electron chi connectivity index (χ2n) is 2.30. The quantitative estimate of drug-likeness (QED) is 0.739. The molecule has 0 fully saturated rings. The molecule has 0 radical (unpaired) electrons. The Bertz CT molecular complexity index is 318. The van der Waals surface area contributed by atoms with Gasteiger partial charge in [0.2, 0.25) is 0 Å². The van der Waals surface area contributed by atoms with Crippen molar-refractivity contribution in [2.24, 2.45) is 0 Å². The fraction of sp³-hybridized carbons (Fsp3) is 0.333. The Morgan fingerprint density at radius 2 is 2.23 bits per heavy atom. The van der Waals surface area contributed by atoms with E-state index in [9.17, 15) is 18.0 Å². The molecule has 72 valence electrons. The van der Waals surface area contributed by atoms with Crippen LogP contribution >= 0.6 is 0 Å². The second kappa shape index (κ2) is 3.08. The summed E-state index contributed by atoms with van der Waals surface area (Å²) < 4.78 is 36.2. The van der Waals surface area contributed by atoms with Gasteiger partial charge in [-0.3, -0.25) is 4.79 Å². The number of carbonyl (C=O) groups is 1. The van der Waals surface area contributed by atoms with Crippen LogP contribution in [-0.4, -0.2) is 21.0 Å². The third-order valence-electron chi connectivity index (χ3n) is 1.31. The van der Waals surface area contributed by atoms with Gasteiger partial charge in [0.15, 0.2) is 5.69 Å². The van der Waals surface area contributed by atoms with Gasteiger partial charge in [0.05, 0.1) is 18.4 Å². The lowest BCUT2D eigenvalue weighted by Crippen LogP contribution is -2.12. The van der Waals surface area contributed by atoms with Gasteiger partial charge in [0.1, 0.15) is 0 Å². The highest BCUT2D eigenvalue weighted by Crippen LogP contribution is 2.29. The highest BCUT2D eigenvalue weighted by Gasteiger charge is 2.36. The molecule has 0 amide bonds. The molecule has 1 aromatic rings. The van der Waals surface area contributed by atoms with Crippen LogP contribution < -0.4 is 0 Å². The number of H-pyrrole nitrogens is 1. The number of hydrogen-bond acceptors (Lipinski definition) is 2. The molecule has 0 unspecified atom stereocenters. The molecule has 0 spiro atoms. The van der Waals surface area contributed by atoms with Crippen molar-refractivity contribution in [1.82, 2.24) is 9.97 Å². The third-order valence-corrected chi connectivity index (χ3v) is 1.31. The van der Waals surface area contributed by atoms with E-state index in [0.29, 0.717) is 0 Å². The Morgan fingerprint density at radius 3 is 2.69 bits per heavy atom. The van der Waals surface area contributed by atoms with Crippen molar-refractivity contribution in [2.75, 3.05) is 0 Å². The monoisotopic (exact) mass is 194 g/mol. The molecule has 1 heterocycles. The molecular formula is C6H5F3N2O2. The van der Waals surface area contributed by atoms with Crippen LogP contribution in [0, 0.1) is 0 Å². The van der Waals surface area contributed by atoms with Gasteiger partial charge in [0.25, 0.3) is 0 Å². The Labute approximate surface area is 70.4 Å². The number of aromatic nitrogens is 2. The number of rotatable bonds is 2. The maximum absolute atomic E-state index is 12.1. The highest BCUT2D eigenvalue weighted by molar-refractivity contribution is 5.69. The largest absolute Gasteiger partial charge is 0.481 e. The van der Waals surface area contributed by atoms with Crippen LogP contribution in [0.3, 0.4) is 0 Å². The van der Waals surface area contributed by atoms with Crippen LogP contribution in [0.2, 0.25) is 0 Å². The van der Waals surface area contributed by atoms with Crippen LogP contribution in [0.15, 0.2) is 6.33 Å². The van der Waals surface area contributed by atoms with Crippen LogP contribution in [-0.2, 0) is 17.4 Å². The van der Waals surface area contributed by atoms with E-state index < -0.39 is 30.0 Å². The predicted octanol–water partition coefficient (Wildman–Crippen LogP) is 1.06. The Kier molecular flexibility index (Phi) is 2.26. The summed E-state index contributed by atoms with van der Waals surface area (Å²) in [5.74, 6) is -1.34. The summed E-state index contributed by atoms with van der Waals surface area (Å²) in [6.07, 6.45) is -4.50. The zero-order valence-electron chi connectivity index (χ0n) is 6.22. The van der Waals surface area contributed by atoms with Gasteiger partial charge in [-0.25, -0.2) is 4.98 Å². The molecule has 0 aliphatic carbocycles. The van der Waals surface area contributed by atoms with E-state index in [1.807, 2.05) is 0 Å². The molecule has 0 aliphatic heterocycles. The van der Waals surface area contributed by atoms with Gasteiger partial charge >= 0.3 is 12.1 Å². The van der Waals surface area contributed by atoms with E-state index in [-0.39, 0.29) is 0 Å². The number of nitrogens with one attached hydrogen (secondary N) is 1. The average Bonchev–Trinajstić information content (AvgIpc) is 2.31. The van der Waals surface area contributed by atoms with E-state index in [0.717, 1.165) is 6.33 Å². The first-order valence-electron chi connectivity index (χ1n) is 3.22. The SMILES string of the molecule is O=C(O)Cc1[nH]cnc1C(F)(F)F. The molecule has 1 rings (SSSR count). The summed E-state index contributed by atoms with van der Waals surface area (Å²) in [7, 11) is 0. The molecule has 7 heteroatoms. The Hall–Kier alpha value is -1.53. The van der Waals surface area contributed by atoms with Crippen LogP contribution in [0.1, 0.15) is 11.4 Å². The van der Waals surface area contributed by atoms with E-state index in [1.54, 1.807) is 0 Å². The van der Waals surface area contributed by atoms with Crippen molar-refractivity contribution in [3.8, 4) is 0 Å². The summed E-state index contributed by atoms with van der Waals surface area (Å²) in [6, 6.07) is 0. The van der Waals surface area contributed by atoms with E-state index in [4.69, 9.17) is 5.11 Å². The molecule has 0 aromatic carbocycles. The first-order chi connectivity index (χ1) is 5.91. The van der Waals surface area contributed by atoms with Crippen LogP contribution in [0.4, 0.5) is 13.2 Å². The number of carboxylic acids is 1. The lowest BCUT2D eigenvalue weighted by atomic mass is 10.2. The number of imidazole rings is 1. The standard InChI is InChI=1S/C6H5F3N2O2/c7-6(8,9)5-3(1-4(12)13)10-2-11-5/h2H,1H2,(H,10,11)(H,12,13). The normalized spacial score (nSPS) is 11.6. The maximum atomic E-state index is 12.1. The molecular weight excluding hydrogens is 189 g/mol. The second-order valence-corrected chi connectivity index (χ2v) is 2.30. The van der Waals surface area contributed by atoms with Crippen LogP contribution in [0.25, 0.3) is 0 Å². The third kappa shape index (κ3) is 2.20. The molecule has 0 saturated carbocycles. The molecule has 0 saturated heterocycles. The van der Waals surface area contributed by atoms with Gasteiger partial charge in [-0.05, 0) is 0 Å². The van der Waals surface area contributed by atoms with E-state index in [2.05, 4.69) is 9.97 Å². The molecule has 0 aliphatic rings. The molecule has 4 nitrogen and oxygen atoms in total. The number of alkyl halides is 3. The first-order valence-corrected chi connectivity index (χ1v) is 3.22. The van der Waals surface area contributed by atoms with Crippen molar-refractivity contribution < 1.29 is 23.1 Å². The van der Waals surface area contributed by atoms with Gasteiger partial charge in [-0.1, -0.05) is 0 Å². The minimum atomic E-state index is -4.61. The Morgan fingerprint density at radius 1 is 1.62 bits per heavy atom. The summed E-state index contributed by atoms with van der Waals surface area (Å²) in [4.78, 5) is 15.3. The van der Waals surface area contributed by atoms with Crippen LogP contribution in [0.5, 0.6) is 0 Å². The minimum absolute atomic E-state index is 0.431. The van der Waals surface area contributed by atoms with Crippen molar-refractivity contribution in [1.29, 1.82) is 0 Å². The smallest absolute Gasteiger partial charge is 0.435 e. The molecule has 1 aromatic heterocycles. The highest BCUT2D eigenvalue weighted by atomic mass is 19.4. The molecule has 0 atom stereocenters. The van der Waals surface area contributed by atoms with Gasteiger partial charge in [0, 0.05) is 0 Å². The summed E-state index contributed by atoms with van der Waals surface area (Å²) in [6.45, 7) is 0. The summed E-state index contributed by atoms with van der Waals surface area (Å²) >= 11 is 0. The number of nitrogens with zero attached hydrogens (tertiary/aromatic N) is 1. The fourth-order valence-electron chi connectivity index (χ4n) is 0.851. The lowest BCUT2D eigenvalue weighted by Gasteiger charge is -2.03. The summed E-state index contributed by atoms with van der Waals surface area (Å²) in [5, 5.41) is 8.26. The Balaban J connectivity index is 2.96. The average molecular weight is 194 g/mol. The number of carboxylic acid groups (broad SMARTS) is 1. The zero-order valence-corrected chi connectivity index (χ0v) is 6.22. The van der Waals surface area contributed by atoms with E-state index >= 15 is 0 Å². The predicted molar refractivity (Wildman–Crippen MR) is 34.9 cm³/mol. The molecule has 13 heavy (non-hydrogen) atoms. The van der Waals surface area contributed by atoms with E-state index in [1.165, 1.54) is 0 Å². The van der Waals surface area contributed by atoms with Crippen molar-refractivity contribution in [3.05, 3.63) is 17.7 Å². The lowest BCUT2D eigenvalue weighted by molar-refractivity contribution is -0.142. The minimum Gasteiger partial charge on any atom is -0.481 e. The van der Waals surface area contributed by atoms with Gasteiger partial charge < -0.3 is 10.1 Å². The number of halogens is 3.